The van der Waals surface area contributed by atoms with Crippen molar-refractivity contribution in [1.82, 2.24) is 4.57 Å². The van der Waals surface area contributed by atoms with E-state index in [0.29, 0.717) is 0 Å². The number of hydrogen-bond acceptors (Lipinski definition) is 0. The molecule has 6 aromatic rings. The maximum atomic E-state index is 3.81. The van der Waals surface area contributed by atoms with E-state index in [9.17, 15) is 0 Å². The second-order valence-electron chi connectivity index (χ2n) is 7.18. The molecule has 1 heterocycles. The molecule has 132 valence electrons. The van der Waals surface area contributed by atoms with Gasteiger partial charge in [0, 0.05) is 20.9 Å². The Labute approximate surface area is 171 Å². The average Bonchev–Trinajstić information content (AvgIpc) is 3.07. The Balaban J connectivity index is 1.83. The van der Waals surface area contributed by atoms with Crippen LogP contribution in [0.3, 0.4) is 0 Å². The van der Waals surface area contributed by atoms with Crippen molar-refractivity contribution in [2.45, 2.75) is 0 Å². The highest BCUT2D eigenvalue weighted by Crippen LogP contribution is 2.40. The predicted octanol–water partition coefficient (Wildman–Crippen LogP) is 7.85. The molecular weight excluding hydrogens is 406 g/mol. The summed E-state index contributed by atoms with van der Waals surface area (Å²) in [5.74, 6) is 0. The summed E-state index contributed by atoms with van der Waals surface area (Å²) in [6.07, 6.45) is 0. The Bertz CT molecular complexity index is 1520. The first-order valence-corrected chi connectivity index (χ1v) is 10.2. The number of benzene rings is 5. The van der Waals surface area contributed by atoms with Crippen LogP contribution in [0.15, 0.2) is 102 Å². The van der Waals surface area contributed by atoms with E-state index in [1.54, 1.807) is 0 Å². The first-order chi connectivity index (χ1) is 13.8. The smallest absolute Gasteiger partial charge is 0.0558 e. The van der Waals surface area contributed by atoms with Crippen molar-refractivity contribution in [2.24, 2.45) is 0 Å². The number of rotatable bonds is 1. The van der Waals surface area contributed by atoms with Crippen LogP contribution in [0.2, 0.25) is 0 Å². The van der Waals surface area contributed by atoms with Gasteiger partial charge in [-0.3, -0.25) is 0 Å². The molecule has 0 spiro atoms. The number of nitrogens with zero attached hydrogens (tertiary/aromatic N) is 1. The van der Waals surface area contributed by atoms with Crippen LogP contribution in [-0.4, -0.2) is 4.57 Å². The summed E-state index contributed by atoms with van der Waals surface area (Å²) in [6, 6.07) is 34.8. The highest BCUT2D eigenvalue weighted by Gasteiger charge is 2.16. The molecule has 0 unspecified atom stereocenters. The molecule has 0 atom stereocenters. The molecule has 0 aliphatic carbocycles. The second-order valence-corrected chi connectivity index (χ2v) is 8.04. The molecule has 0 aliphatic heterocycles. The van der Waals surface area contributed by atoms with Crippen LogP contribution < -0.4 is 0 Å². The van der Waals surface area contributed by atoms with Crippen LogP contribution in [0.4, 0.5) is 0 Å². The fourth-order valence-electron chi connectivity index (χ4n) is 4.38. The molecule has 1 aromatic heterocycles. The van der Waals surface area contributed by atoms with Crippen molar-refractivity contribution in [3.8, 4) is 5.69 Å². The highest BCUT2D eigenvalue weighted by atomic mass is 79.9. The number of aromatic nitrogens is 1. The Morgan fingerprint density at radius 2 is 1.21 bits per heavy atom. The van der Waals surface area contributed by atoms with Crippen LogP contribution in [0.25, 0.3) is 49.0 Å². The number of halogens is 1. The van der Waals surface area contributed by atoms with E-state index < -0.39 is 0 Å². The van der Waals surface area contributed by atoms with E-state index in [0.717, 1.165) is 4.47 Å². The number of hydrogen-bond donors (Lipinski definition) is 0. The number of fused-ring (bicyclic) bond motifs is 6. The molecule has 0 amide bonds. The van der Waals surface area contributed by atoms with Crippen molar-refractivity contribution in [1.29, 1.82) is 0 Å². The summed E-state index contributed by atoms with van der Waals surface area (Å²) in [4.78, 5) is 0. The van der Waals surface area contributed by atoms with Crippen LogP contribution >= 0.6 is 15.9 Å². The molecule has 0 bridgehead atoms. The van der Waals surface area contributed by atoms with E-state index in [1.165, 1.54) is 49.0 Å². The van der Waals surface area contributed by atoms with E-state index in [-0.39, 0.29) is 0 Å². The Morgan fingerprint density at radius 3 is 2.07 bits per heavy atom. The summed E-state index contributed by atoms with van der Waals surface area (Å²) in [5.41, 5.74) is 3.64. The van der Waals surface area contributed by atoms with E-state index in [2.05, 4.69) is 118 Å². The van der Waals surface area contributed by atoms with Gasteiger partial charge in [0.1, 0.15) is 0 Å². The van der Waals surface area contributed by atoms with Gasteiger partial charge in [-0.1, -0.05) is 88.7 Å². The minimum Gasteiger partial charge on any atom is -0.309 e. The third-order valence-electron chi connectivity index (χ3n) is 5.62. The molecule has 0 N–H and O–H groups in total. The third-order valence-corrected chi connectivity index (χ3v) is 6.28. The summed E-state index contributed by atoms with van der Waals surface area (Å²) in [7, 11) is 0. The predicted molar refractivity (Wildman–Crippen MR) is 123 cm³/mol. The van der Waals surface area contributed by atoms with Crippen LogP contribution in [0.5, 0.6) is 0 Å². The molecule has 5 aromatic carbocycles. The molecule has 6 rings (SSSR count). The lowest BCUT2D eigenvalue weighted by atomic mass is 10.0. The van der Waals surface area contributed by atoms with Crippen LogP contribution in [0.1, 0.15) is 0 Å². The third kappa shape index (κ3) is 2.18. The lowest BCUT2D eigenvalue weighted by molar-refractivity contribution is 1.19. The summed E-state index contributed by atoms with van der Waals surface area (Å²) in [6.45, 7) is 0. The van der Waals surface area contributed by atoms with Crippen molar-refractivity contribution in [2.75, 3.05) is 0 Å². The van der Waals surface area contributed by atoms with Gasteiger partial charge >= 0.3 is 0 Å². The quantitative estimate of drug-likeness (QED) is 0.254. The first kappa shape index (κ1) is 15.9. The molecular formula is C26H16BrN. The molecule has 0 saturated heterocycles. The zero-order valence-electron chi connectivity index (χ0n) is 15.1. The standard InChI is InChI=1S/C26H16BrN/c27-23-16-25-26(21-10-4-3-9-20(21)23)22-11-5-6-12-24(22)28(25)19-14-13-17-7-1-2-8-18(17)15-19/h1-16H. The van der Waals surface area contributed by atoms with Crippen molar-refractivity contribution in [3.63, 3.8) is 0 Å². The highest BCUT2D eigenvalue weighted by molar-refractivity contribution is 9.10. The summed E-state index contributed by atoms with van der Waals surface area (Å²) < 4.78 is 3.51. The van der Waals surface area contributed by atoms with Crippen molar-refractivity contribution < 1.29 is 0 Å². The maximum absolute atomic E-state index is 3.81. The monoisotopic (exact) mass is 421 g/mol. The topological polar surface area (TPSA) is 4.93 Å². The van der Waals surface area contributed by atoms with Crippen molar-refractivity contribution >= 4 is 59.3 Å². The summed E-state index contributed by atoms with van der Waals surface area (Å²) >= 11 is 3.81. The fourth-order valence-corrected chi connectivity index (χ4v) is 4.94. The molecule has 2 heteroatoms. The lowest BCUT2D eigenvalue weighted by Gasteiger charge is -2.10. The van der Waals surface area contributed by atoms with Gasteiger partial charge in [0.2, 0.25) is 0 Å². The molecule has 0 aliphatic rings. The van der Waals surface area contributed by atoms with Gasteiger partial charge < -0.3 is 4.57 Å². The Kier molecular flexibility index (Phi) is 3.38. The van der Waals surface area contributed by atoms with Gasteiger partial charge in [0.05, 0.1) is 11.0 Å². The largest absolute Gasteiger partial charge is 0.309 e. The van der Waals surface area contributed by atoms with E-state index in [4.69, 9.17) is 0 Å². The Morgan fingerprint density at radius 1 is 0.536 bits per heavy atom. The van der Waals surface area contributed by atoms with E-state index in [1.807, 2.05) is 0 Å². The van der Waals surface area contributed by atoms with Gasteiger partial charge in [-0.15, -0.1) is 0 Å². The lowest BCUT2D eigenvalue weighted by Crippen LogP contribution is -1.94. The van der Waals surface area contributed by atoms with Gasteiger partial charge in [0.25, 0.3) is 0 Å². The van der Waals surface area contributed by atoms with Crippen LogP contribution in [-0.2, 0) is 0 Å². The van der Waals surface area contributed by atoms with Crippen molar-refractivity contribution in [3.05, 3.63) is 102 Å². The average molecular weight is 422 g/mol. The molecule has 0 saturated carbocycles. The molecule has 0 radical (unpaired) electrons. The first-order valence-electron chi connectivity index (χ1n) is 9.41. The minimum absolute atomic E-state index is 1.13. The van der Waals surface area contributed by atoms with E-state index >= 15 is 0 Å². The van der Waals surface area contributed by atoms with Gasteiger partial charge in [-0.2, -0.15) is 0 Å². The van der Waals surface area contributed by atoms with Crippen LogP contribution in [0, 0.1) is 0 Å². The van der Waals surface area contributed by atoms with Gasteiger partial charge in [0.15, 0.2) is 0 Å². The Hall–Kier alpha value is -3.10. The molecule has 28 heavy (non-hydrogen) atoms. The normalized spacial score (nSPS) is 11.8. The molecule has 0 fully saturated rings. The number of para-hydroxylation sites is 1. The summed E-state index contributed by atoms with van der Waals surface area (Å²) in [5, 5.41) is 7.64. The van der Waals surface area contributed by atoms with Gasteiger partial charge in [-0.25, -0.2) is 0 Å². The second kappa shape index (κ2) is 5.95. The SMILES string of the molecule is Brc1cc2c(c3ccccc13)c1ccccc1n2-c1ccc2ccccc2c1. The fraction of sp³-hybridized carbons (Fsp3) is 0. The zero-order chi connectivity index (χ0) is 18.7. The van der Waals surface area contributed by atoms with Gasteiger partial charge in [-0.05, 0) is 45.8 Å². The zero-order valence-corrected chi connectivity index (χ0v) is 16.6. The minimum atomic E-state index is 1.13. The maximum Gasteiger partial charge on any atom is 0.0558 e. The molecule has 1 nitrogen and oxygen atoms in total.